The van der Waals surface area contributed by atoms with E-state index < -0.39 is 41.8 Å². The Morgan fingerprint density at radius 1 is 0.886 bits per heavy atom. The number of hydrogen-bond acceptors (Lipinski definition) is 5. The van der Waals surface area contributed by atoms with Crippen LogP contribution in [0.4, 0.5) is 0 Å². The number of H-pyrrole nitrogens is 1. The molecular formula is C25H29N5O5. The van der Waals surface area contributed by atoms with E-state index in [1.54, 1.807) is 30.5 Å². The van der Waals surface area contributed by atoms with Gasteiger partial charge < -0.3 is 32.2 Å². The van der Waals surface area contributed by atoms with Crippen LogP contribution in [0.15, 0.2) is 60.8 Å². The molecule has 0 radical (unpaired) electrons. The number of aliphatic carboxylic acids is 1. The number of fused-ring (bicyclic) bond motifs is 1. The molecule has 0 aliphatic heterocycles. The van der Waals surface area contributed by atoms with Crippen LogP contribution in [0.2, 0.25) is 0 Å². The molecular weight excluding hydrogens is 450 g/mol. The van der Waals surface area contributed by atoms with Crippen molar-refractivity contribution in [1.29, 1.82) is 0 Å². The molecule has 184 valence electrons. The summed E-state index contributed by atoms with van der Waals surface area (Å²) in [4.78, 5) is 51.9. The van der Waals surface area contributed by atoms with Gasteiger partial charge in [0, 0.05) is 36.4 Å². The molecule has 0 saturated carbocycles. The first-order chi connectivity index (χ1) is 16.7. The van der Waals surface area contributed by atoms with E-state index in [4.69, 9.17) is 11.5 Å². The van der Waals surface area contributed by atoms with Crippen LogP contribution in [0.5, 0.6) is 0 Å². The van der Waals surface area contributed by atoms with Crippen molar-refractivity contribution in [2.45, 2.75) is 43.8 Å². The van der Waals surface area contributed by atoms with Crippen LogP contribution in [-0.2, 0) is 32.0 Å². The minimum atomic E-state index is -1.20. The predicted molar refractivity (Wildman–Crippen MR) is 130 cm³/mol. The SMILES string of the molecule is NC(=O)CCC(N)C(=O)NC(Cc1c[nH]c2ccccc12)C(=O)NC(Cc1ccccc1)C(=O)O. The Balaban J connectivity index is 1.79. The van der Waals surface area contributed by atoms with Crippen molar-refractivity contribution >= 4 is 34.6 Å². The number of rotatable bonds is 12. The fraction of sp³-hybridized carbons (Fsp3) is 0.280. The monoisotopic (exact) mass is 479 g/mol. The molecule has 1 heterocycles. The van der Waals surface area contributed by atoms with Gasteiger partial charge in [0.25, 0.3) is 0 Å². The van der Waals surface area contributed by atoms with Gasteiger partial charge in [-0.2, -0.15) is 0 Å². The number of carbonyl (C=O) groups is 4. The van der Waals surface area contributed by atoms with Crippen molar-refractivity contribution < 1.29 is 24.3 Å². The summed E-state index contributed by atoms with van der Waals surface area (Å²) >= 11 is 0. The standard InChI is InChI=1S/C25H29N5O5/c26-18(10-11-22(27)31)23(32)29-20(13-16-14-28-19-9-5-4-8-17(16)19)24(33)30-21(25(34)35)12-15-6-2-1-3-7-15/h1-9,14,18,20-21,28H,10-13,26H2,(H2,27,31)(H,29,32)(H,30,33)(H,34,35). The molecule has 0 saturated heterocycles. The van der Waals surface area contributed by atoms with Gasteiger partial charge in [-0.05, 0) is 23.6 Å². The van der Waals surface area contributed by atoms with Crippen molar-refractivity contribution in [2.24, 2.45) is 11.5 Å². The molecule has 2 aromatic carbocycles. The largest absolute Gasteiger partial charge is 0.480 e. The third-order valence-corrected chi connectivity index (χ3v) is 5.67. The van der Waals surface area contributed by atoms with Crippen LogP contribution in [0.1, 0.15) is 24.0 Å². The first-order valence-electron chi connectivity index (χ1n) is 11.2. The highest BCUT2D eigenvalue weighted by atomic mass is 16.4. The average molecular weight is 480 g/mol. The van der Waals surface area contributed by atoms with Gasteiger partial charge in [-0.1, -0.05) is 48.5 Å². The van der Waals surface area contributed by atoms with Gasteiger partial charge in [-0.15, -0.1) is 0 Å². The number of primary amides is 1. The Hall–Kier alpha value is -4.18. The van der Waals surface area contributed by atoms with E-state index in [0.29, 0.717) is 0 Å². The maximum absolute atomic E-state index is 13.2. The molecule has 35 heavy (non-hydrogen) atoms. The number of nitrogens with one attached hydrogen (secondary N) is 3. The van der Waals surface area contributed by atoms with E-state index >= 15 is 0 Å². The molecule has 3 rings (SSSR count). The Morgan fingerprint density at radius 2 is 1.54 bits per heavy atom. The van der Waals surface area contributed by atoms with E-state index in [-0.39, 0.29) is 25.7 Å². The summed E-state index contributed by atoms with van der Waals surface area (Å²) in [7, 11) is 0. The number of carbonyl (C=O) groups excluding carboxylic acids is 3. The van der Waals surface area contributed by atoms with E-state index in [1.165, 1.54) is 0 Å². The highest BCUT2D eigenvalue weighted by molar-refractivity contribution is 5.93. The number of carboxylic acids is 1. The Labute approximate surface area is 202 Å². The third-order valence-electron chi connectivity index (χ3n) is 5.67. The summed E-state index contributed by atoms with van der Waals surface area (Å²) in [6, 6.07) is 13.0. The number of hydrogen-bond donors (Lipinski definition) is 6. The van der Waals surface area contributed by atoms with Crippen molar-refractivity contribution in [2.75, 3.05) is 0 Å². The highest BCUT2D eigenvalue weighted by Crippen LogP contribution is 2.19. The lowest BCUT2D eigenvalue weighted by Gasteiger charge is -2.23. The van der Waals surface area contributed by atoms with Gasteiger partial charge in [0.15, 0.2) is 0 Å². The lowest BCUT2D eigenvalue weighted by molar-refractivity contribution is -0.142. The fourth-order valence-corrected chi connectivity index (χ4v) is 3.76. The second kappa shape index (κ2) is 11.8. The van der Waals surface area contributed by atoms with Crippen molar-refractivity contribution in [3.63, 3.8) is 0 Å². The topological polar surface area (TPSA) is 180 Å². The summed E-state index contributed by atoms with van der Waals surface area (Å²) in [5.74, 6) is -3.08. The van der Waals surface area contributed by atoms with E-state index in [9.17, 15) is 24.3 Å². The summed E-state index contributed by atoms with van der Waals surface area (Å²) in [6.07, 6.45) is 1.86. The minimum Gasteiger partial charge on any atom is -0.480 e. The van der Waals surface area contributed by atoms with Crippen molar-refractivity contribution in [3.05, 3.63) is 71.9 Å². The molecule has 1 aromatic heterocycles. The summed E-state index contributed by atoms with van der Waals surface area (Å²) in [5.41, 5.74) is 13.4. The van der Waals surface area contributed by atoms with Crippen LogP contribution in [-0.4, -0.2) is 51.9 Å². The molecule has 8 N–H and O–H groups in total. The first-order valence-corrected chi connectivity index (χ1v) is 11.2. The zero-order valence-electron chi connectivity index (χ0n) is 19.1. The van der Waals surface area contributed by atoms with Crippen LogP contribution < -0.4 is 22.1 Å². The zero-order chi connectivity index (χ0) is 25.4. The van der Waals surface area contributed by atoms with Gasteiger partial charge in [-0.3, -0.25) is 14.4 Å². The van der Waals surface area contributed by atoms with E-state index in [0.717, 1.165) is 22.0 Å². The number of carboxylic acid groups (broad SMARTS) is 1. The summed E-state index contributed by atoms with van der Waals surface area (Å²) in [6.45, 7) is 0. The van der Waals surface area contributed by atoms with Crippen molar-refractivity contribution in [1.82, 2.24) is 15.6 Å². The minimum absolute atomic E-state index is 0.0222. The van der Waals surface area contributed by atoms with E-state index in [2.05, 4.69) is 15.6 Å². The molecule has 10 heteroatoms. The van der Waals surface area contributed by atoms with Crippen molar-refractivity contribution in [3.8, 4) is 0 Å². The molecule has 3 atom stereocenters. The summed E-state index contributed by atoms with van der Waals surface area (Å²) in [5, 5.41) is 15.7. The normalized spacial score (nSPS) is 13.5. The summed E-state index contributed by atoms with van der Waals surface area (Å²) < 4.78 is 0. The van der Waals surface area contributed by atoms with Gasteiger partial charge >= 0.3 is 5.97 Å². The Bertz CT molecular complexity index is 1190. The van der Waals surface area contributed by atoms with Crippen LogP contribution in [0.25, 0.3) is 10.9 Å². The molecule has 0 aliphatic carbocycles. The lowest BCUT2D eigenvalue weighted by Crippen LogP contribution is -2.55. The van der Waals surface area contributed by atoms with Gasteiger partial charge in [0.1, 0.15) is 12.1 Å². The lowest BCUT2D eigenvalue weighted by atomic mass is 10.0. The second-order valence-electron chi connectivity index (χ2n) is 8.33. The zero-order valence-corrected chi connectivity index (χ0v) is 19.1. The smallest absolute Gasteiger partial charge is 0.326 e. The van der Waals surface area contributed by atoms with E-state index in [1.807, 2.05) is 30.3 Å². The highest BCUT2D eigenvalue weighted by Gasteiger charge is 2.29. The van der Waals surface area contributed by atoms with Crippen LogP contribution in [0, 0.1) is 0 Å². The number of para-hydroxylation sites is 1. The quantitative estimate of drug-likeness (QED) is 0.221. The van der Waals surface area contributed by atoms with Crippen LogP contribution >= 0.6 is 0 Å². The first kappa shape index (κ1) is 25.4. The third kappa shape index (κ3) is 7.15. The molecule has 3 aromatic rings. The molecule has 3 unspecified atom stereocenters. The molecule has 0 bridgehead atoms. The predicted octanol–water partition coefficient (Wildman–Crippen LogP) is 0.600. The Kier molecular flexibility index (Phi) is 8.58. The second-order valence-corrected chi connectivity index (χ2v) is 8.33. The fourth-order valence-electron chi connectivity index (χ4n) is 3.76. The molecule has 0 aliphatic rings. The molecule has 10 nitrogen and oxygen atoms in total. The van der Waals surface area contributed by atoms with Gasteiger partial charge in [0.05, 0.1) is 6.04 Å². The average Bonchev–Trinajstić information content (AvgIpc) is 3.24. The molecule has 0 spiro atoms. The van der Waals surface area contributed by atoms with Gasteiger partial charge in [0.2, 0.25) is 17.7 Å². The number of benzene rings is 2. The van der Waals surface area contributed by atoms with Gasteiger partial charge in [-0.25, -0.2) is 4.79 Å². The maximum Gasteiger partial charge on any atom is 0.326 e. The molecule has 0 fully saturated rings. The maximum atomic E-state index is 13.2. The number of aromatic nitrogens is 1. The Morgan fingerprint density at radius 3 is 2.23 bits per heavy atom. The number of amides is 3. The number of aromatic amines is 1. The molecule has 3 amide bonds. The number of nitrogens with two attached hydrogens (primary N) is 2. The van der Waals surface area contributed by atoms with Crippen LogP contribution in [0.3, 0.4) is 0 Å².